The van der Waals surface area contributed by atoms with E-state index in [2.05, 4.69) is 0 Å². The van der Waals surface area contributed by atoms with Gasteiger partial charge in [-0.2, -0.15) is 0 Å². The maximum absolute atomic E-state index is 7.46. The van der Waals surface area contributed by atoms with Gasteiger partial charge in [0.25, 0.3) is 0 Å². The molecule has 1 aliphatic carbocycles. The predicted molar refractivity (Wildman–Crippen MR) is 72.3 cm³/mol. The van der Waals surface area contributed by atoms with Crippen molar-refractivity contribution in [1.82, 2.24) is 0 Å². The van der Waals surface area contributed by atoms with Gasteiger partial charge in [-0.15, -0.1) is 0 Å². The molecule has 1 aliphatic rings. The molecule has 1 fully saturated rings. The van der Waals surface area contributed by atoms with Gasteiger partial charge in [0.05, 0.1) is 5.84 Å². The smallest absolute Gasteiger partial charge is 0.0963 e. The average molecular weight is 240 g/mol. The van der Waals surface area contributed by atoms with Crippen molar-refractivity contribution in [2.24, 2.45) is 17.1 Å². The maximum atomic E-state index is 7.46. The summed E-state index contributed by atoms with van der Waals surface area (Å²) in [6.45, 7) is 5.86. The van der Waals surface area contributed by atoms with E-state index in [1.807, 2.05) is 13.8 Å². The van der Waals surface area contributed by atoms with Crippen molar-refractivity contribution in [2.75, 3.05) is 13.2 Å². The zero-order valence-electron chi connectivity index (χ0n) is 11.4. The van der Waals surface area contributed by atoms with E-state index in [1.165, 1.54) is 25.7 Å². The van der Waals surface area contributed by atoms with Gasteiger partial charge < -0.3 is 10.5 Å². The third kappa shape index (κ3) is 5.53. The Morgan fingerprint density at radius 1 is 1.29 bits per heavy atom. The Balaban J connectivity index is 1.88. The fourth-order valence-electron chi connectivity index (χ4n) is 2.04. The Hall–Kier alpha value is -0.570. The second kappa shape index (κ2) is 7.00. The van der Waals surface area contributed by atoms with Crippen LogP contribution in [0.25, 0.3) is 0 Å². The number of amidine groups is 1. The molecule has 0 aromatic carbocycles. The van der Waals surface area contributed by atoms with Crippen molar-refractivity contribution in [1.29, 1.82) is 5.41 Å². The van der Waals surface area contributed by atoms with E-state index in [0.717, 1.165) is 38.4 Å². The molecule has 0 aromatic rings. The molecule has 0 radical (unpaired) electrons. The zero-order chi connectivity index (χ0) is 12.7. The Morgan fingerprint density at radius 3 is 2.53 bits per heavy atom. The third-order valence-corrected chi connectivity index (χ3v) is 3.96. The first-order valence-corrected chi connectivity index (χ1v) is 6.94. The number of ether oxygens (including phenoxy) is 1. The molecule has 1 saturated carbocycles. The molecule has 0 amide bonds. The molecule has 0 saturated heterocycles. The lowest BCUT2D eigenvalue weighted by Gasteiger charge is -2.25. The van der Waals surface area contributed by atoms with Crippen LogP contribution in [0.4, 0.5) is 0 Å². The molecule has 0 aromatic heterocycles. The number of rotatable bonds is 9. The fraction of sp³-hybridized carbons (Fsp3) is 0.929. The zero-order valence-corrected chi connectivity index (χ0v) is 11.4. The summed E-state index contributed by atoms with van der Waals surface area (Å²) in [5.74, 6) is 1.25. The number of nitrogens with two attached hydrogens (primary N) is 1. The van der Waals surface area contributed by atoms with Crippen LogP contribution in [0.1, 0.15) is 58.8 Å². The molecule has 0 heterocycles. The van der Waals surface area contributed by atoms with E-state index in [0.29, 0.717) is 5.84 Å². The Morgan fingerprint density at radius 2 is 2.00 bits per heavy atom. The highest BCUT2D eigenvalue weighted by atomic mass is 16.5. The molecule has 0 atom stereocenters. The Bertz CT molecular complexity index is 234. The summed E-state index contributed by atoms with van der Waals surface area (Å²) in [6.07, 6.45) is 8.65. The second-order valence-corrected chi connectivity index (χ2v) is 5.95. The van der Waals surface area contributed by atoms with Crippen molar-refractivity contribution in [3.05, 3.63) is 0 Å². The largest absolute Gasteiger partial charge is 0.387 e. The van der Waals surface area contributed by atoms with Crippen LogP contribution >= 0.6 is 0 Å². The number of hydrogen-bond donors (Lipinski definition) is 2. The SMILES string of the molecule is CC(C)(CCCCOCCC1CCC1)C(=N)N. The highest BCUT2D eigenvalue weighted by Crippen LogP contribution is 2.29. The minimum Gasteiger partial charge on any atom is -0.387 e. The summed E-state index contributed by atoms with van der Waals surface area (Å²) in [4.78, 5) is 0. The topological polar surface area (TPSA) is 59.1 Å². The van der Waals surface area contributed by atoms with Crippen LogP contribution in [-0.2, 0) is 4.74 Å². The molecule has 100 valence electrons. The van der Waals surface area contributed by atoms with Gasteiger partial charge in [-0.05, 0) is 25.2 Å². The predicted octanol–water partition coefficient (Wildman–Crippen LogP) is 3.33. The first-order chi connectivity index (χ1) is 8.02. The molecular weight excluding hydrogens is 212 g/mol. The molecule has 17 heavy (non-hydrogen) atoms. The van der Waals surface area contributed by atoms with Crippen LogP contribution in [0.3, 0.4) is 0 Å². The molecule has 0 bridgehead atoms. The number of nitrogens with one attached hydrogen (secondary N) is 1. The minimum atomic E-state index is -0.147. The lowest BCUT2D eigenvalue weighted by Crippen LogP contribution is -2.30. The van der Waals surface area contributed by atoms with Gasteiger partial charge in [0.1, 0.15) is 0 Å². The summed E-state index contributed by atoms with van der Waals surface area (Å²) in [6, 6.07) is 0. The molecule has 0 unspecified atom stereocenters. The Kier molecular flexibility index (Phi) is 5.96. The quantitative estimate of drug-likeness (QED) is 0.369. The first-order valence-electron chi connectivity index (χ1n) is 6.94. The highest BCUT2D eigenvalue weighted by Gasteiger charge is 2.20. The van der Waals surface area contributed by atoms with Gasteiger partial charge in [0.2, 0.25) is 0 Å². The van der Waals surface area contributed by atoms with Crippen LogP contribution in [0, 0.1) is 16.7 Å². The van der Waals surface area contributed by atoms with E-state index in [4.69, 9.17) is 15.9 Å². The number of hydrogen-bond acceptors (Lipinski definition) is 2. The Labute approximate surface area is 106 Å². The second-order valence-electron chi connectivity index (χ2n) is 5.95. The van der Waals surface area contributed by atoms with Crippen LogP contribution in [0.15, 0.2) is 0 Å². The summed E-state index contributed by atoms with van der Waals surface area (Å²) >= 11 is 0. The van der Waals surface area contributed by atoms with Crippen molar-refractivity contribution >= 4 is 5.84 Å². The minimum absolute atomic E-state index is 0.147. The van der Waals surface area contributed by atoms with E-state index in [9.17, 15) is 0 Å². The summed E-state index contributed by atoms with van der Waals surface area (Å²) in [5, 5.41) is 7.46. The van der Waals surface area contributed by atoms with Crippen LogP contribution in [-0.4, -0.2) is 19.0 Å². The molecule has 3 N–H and O–H groups in total. The average Bonchev–Trinajstić information content (AvgIpc) is 2.19. The van der Waals surface area contributed by atoms with Crippen molar-refractivity contribution in [3.63, 3.8) is 0 Å². The third-order valence-electron chi connectivity index (χ3n) is 3.96. The summed E-state index contributed by atoms with van der Waals surface area (Å²) < 4.78 is 5.63. The van der Waals surface area contributed by atoms with E-state index in [1.54, 1.807) is 0 Å². The van der Waals surface area contributed by atoms with E-state index < -0.39 is 0 Å². The maximum Gasteiger partial charge on any atom is 0.0963 e. The van der Waals surface area contributed by atoms with Crippen molar-refractivity contribution in [2.45, 2.75) is 58.8 Å². The van der Waals surface area contributed by atoms with E-state index >= 15 is 0 Å². The molecule has 0 aliphatic heterocycles. The fourth-order valence-corrected chi connectivity index (χ4v) is 2.04. The molecule has 1 rings (SSSR count). The normalized spacial score (nSPS) is 16.8. The van der Waals surface area contributed by atoms with E-state index in [-0.39, 0.29) is 5.41 Å². The summed E-state index contributed by atoms with van der Waals surface area (Å²) in [5.41, 5.74) is 5.39. The van der Waals surface area contributed by atoms with Gasteiger partial charge in [-0.3, -0.25) is 5.41 Å². The molecule has 3 nitrogen and oxygen atoms in total. The summed E-state index contributed by atoms with van der Waals surface area (Å²) in [7, 11) is 0. The van der Waals surface area contributed by atoms with Crippen LogP contribution in [0.2, 0.25) is 0 Å². The lowest BCUT2D eigenvalue weighted by atomic mass is 9.83. The highest BCUT2D eigenvalue weighted by molar-refractivity contribution is 5.82. The molecular formula is C14H28N2O. The van der Waals surface area contributed by atoms with Gasteiger partial charge >= 0.3 is 0 Å². The van der Waals surface area contributed by atoms with Gasteiger partial charge in [0.15, 0.2) is 0 Å². The van der Waals surface area contributed by atoms with Crippen molar-refractivity contribution < 1.29 is 4.74 Å². The molecule has 0 spiro atoms. The van der Waals surface area contributed by atoms with Crippen molar-refractivity contribution in [3.8, 4) is 0 Å². The first kappa shape index (κ1) is 14.5. The van der Waals surface area contributed by atoms with Crippen LogP contribution in [0.5, 0.6) is 0 Å². The number of unbranched alkanes of at least 4 members (excludes halogenated alkanes) is 1. The van der Waals surface area contributed by atoms with Gasteiger partial charge in [-0.25, -0.2) is 0 Å². The molecule has 3 heteroatoms. The standard InChI is InChI=1S/C14H28N2O/c1-14(2,13(15)16)9-3-4-10-17-11-8-12-6-5-7-12/h12H,3-11H2,1-2H3,(H3,15,16). The monoisotopic (exact) mass is 240 g/mol. The lowest BCUT2D eigenvalue weighted by molar-refractivity contribution is 0.102. The van der Waals surface area contributed by atoms with Gasteiger partial charge in [-0.1, -0.05) is 39.5 Å². The van der Waals surface area contributed by atoms with Gasteiger partial charge in [0, 0.05) is 18.6 Å². The van der Waals surface area contributed by atoms with Crippen LogP contribution < -0.4 is 5.73 Å².